The summed E-state index contributed by atoms with van der Waals surface area (Å²) in [7, 11) is 0. The van der Waals surface area contributed by atoms with E-state index in [2.05, 4.69) is 0 Å². The number of nitrogens with two attached hydrogens (primary N) is 1. The van der Waals surface area contributed by atoms with Crippen molar-refractivity contribution in [1.82, 2.24) is 0 Å². The van der Waals surface area contributed by atoms with Crippen molar-refractivity contribution in [2.45, 2.75) is 38.6 Å². The third-order valence-corrected chi connectivity index (χ3v) is 2.41. The van der Waals surface area contributed by atoms with Crippen molar-refractivity contribution in [3.63, 3.8) is 0 Å². The summed E-state index contributed by atoms with van der Waals surface area (Å²) in [6, 6.07) is 0.0257. The maximum atomic E-state index is 11.3. The molecule has 0 bridgehead atoms. The van der Waals surface area contributed by atoms with Crippen LogP contribution in [0.25, 0.3) is 0 Å². The first-order valence-corrected chi connectivity index (χ1v) is 4.68. The molecule has 1 fully saturated rings. The van der Waals surface area contributed by atoms with E-state index in [-0.39, 0.29) is 17.9 Å². The Bertz CT molecular complexity index is 159. The molecule has 70 valence electrons. The molecule has 0 aromatic rings. The summed E-state index contributed by atoms with van der Waals surface area (Å²) in [5, 5.41) is 0. The van der Waals surface area contributed by atoms with Crippen LogP contribution in [0.15, 0.2) is 0 Å². The average molecular weight is 171 g/mol. The van der Waals surface area contributed by atoms with E-state index in [1.54, 1.807) is 0 Å². The summed E-state index contributed by atoms with van der Waals surface area (Å²) in [6.07, 6.45) is 4.12. The van der Waals surface area contributed by atoms with E-state index in [1.807, 2.05) is 6.92 Å². The van der Waals surface area contributed by atoms with E-state index in [9.17, 15) is 4.79 Å². The predicted molar refractivity (Wildman–Crippen MR) is 46.6 cm³/mol. The molecule has 1 unspecified atom stereocenters. The molecule has 12 heavy (non-hydrogen) atoms. The molecule has 1 aliphatic rings. The van der Waals surface area contributed by atoms with Gasteiger partial charge in [-0.25, -0.2) is 0 Å². The average Bonchev–Trinajstić information content (AvgIpc) is 2.05. The van der Waals surface area contributed by atoms with Gasteiger partial charge >= 0.3 is 5.97 Å². The van der Waals surface area contributed by atoms with Crippen LogP contribution in [0, 0.1) is 5.92 Å². The van der Waals surface area contributed by atoms with Crippen molar-refractivity contribution in [2.24, 2.45) is 11.7 Å². The topological polar surface area (TPSA) is 52.3 Å². The number of rotatable bonds is 2. The summed E-state index contributed by atoms with van der Waals surface area (Å²) in [4.78, 5) is 11.3. The SMILES string of the molecule is CCOC(=O)C1CCCC[C@H]1N. The molecule has 0 amide bonds. The standard InChI is InChI=1S/C9H17NO2/c1-2-12-9(11)7-5-3-4-6-8(7)10/h7-8H,2-6,10H2,1H3/t7?,8-/m1/s1. The number of ether oxygens (including phenoxy) is 1. The Morgan fingerprint density at radius 1 is 1.50 bits per heavy atom. The van der Waals surface area contributed by atoms with Crippen molar-refractivity contribution in [2.75, 3.05) is 6.61 Å². The van der Waals surface area contributed by atoms with Crippen LogP contribution in [0.4, 0.5) is 0 Å². The van der Waals surface area contributed by atoms with Crippen LogP contribution in [0.5, 0.6) is 0 Å². The lowest BCUT2D eigenvalue weighted by Crippen LogP contribution is -2.38. The Labute approximate surface area is 73.3 Å². The monoisotopic (exact) mass is 171 g/mol. The summed E-state index contributed by atoms with van der Waals surface area (Å²) in [5.41, 5.74) is 5.81. The summed E-state index contributed by atoms with van der Waals surface area (Å²) in [6.45, 7) is 2.29. The highest BCUT2D eigenvalue weighted by Crippen LogP contribution is 2.23. The van der Waals surface area contributed by atoms with Crippen molar-refractivity contribution in [3.05, 3.63) is 0 Å². The van der Waals surface area contributed by atoms with Crippen LogP contribution in [0.2, 0.25) is 0 Å². The molecule has 1 aliphatic carbocycles. The molecule has 1 rings (SSSR count). The molecule has 2 atom stereocenters. The van der Waals surface area contributed by atoms with E-state index in [4.69, 9.17) is 10.5 Å². The second-order valence-electron chi connectivity index (χ2n) is 3.31. The van der Waals surface area contributed by atoms with Crippen molar-refractivity contribution >= 4 is 5.97 Å². The number of hydrogen-bond donors (Lipinski definition) is 1. The molecule has 0 radical (unpaired) electrons. The van der Waals surface area contributed by atoms with Gasteiger partial charge in [-0.15, -0.1) is 0 Å². The minimum Gasteiger partial charge on any atom is -0.466 e. The quantitative estimate of drug-likeness (QED) is 0.632. The zero-order chi connectivity index (χ0) is 8.97. The van der Waals surface area contributed by atoms with Gasteiger partial charge in [0, 0.05) is 6.04 Å². The molecule has 0 heterocycles. The second kappa shape index (κ2) is 4.45. The van der Waals surface area contributed by atoms with E-state index in [1.165, 1.54) is 0 Å². The predicted octanol–water partition coefficient (Wildman–Crippen LogP) is 1.07. The first-order chi connectivity index (χ1) is 5.75. The van der Waals surface area contributed by atoms with Crippen LogP contribution in [-0.2, 0) is 9.53 Å². The Morgan fingerprint density at radius 3 is 2.75 bits per heavy atom. The molecule has 1 saturated carbocycles. The van der Waals surface area contributed by atoms with Gasteiger partial charge in [0.25, 0.3) is 0 Å². The Hall–Kier alpha value is -0.570. The van der Waals surface area contributed by atoms with Gasteiger partial charge in [-0.3, -0.25) is 4.79 Å². The fourth-order valence-electron chi connectivity index (χ4n) is 1.70. The summed E-state index contributed by atoms with van der Waals surface area (Å²) >= 11 is 0. The Morgan fingerprint density at radius 2 is 2.17 bits per heavy atom. The van der Waals surface area contributed by atoms with Gasteiger partial charge in [-0.1, -0.05) is 12.8 Å². The number of carbonyl (C=O) groups excluding carboxylic acids is 1. The first kappa shape index (κ1) is 9.52. The molecule has 0 aliphatic heterocycles. The van der Waals surface area contributed by atoms with Gasteiger partial charge in [-0.05, 0) is 19.8 Å². The van der Waals surface area contributed by atoms with Crippen molar-refractivity contribution in [1.29, 1.82) is 0 Å². The van der Waals surface area contributed by atoms with Crippen LogP contribution < -0.4 is 5.73 Å². The Kier molecular flexibility index (Phi) is 3.53. The lowest BCUT2D eigenvalue weighted by molar-refractivity contribution is -0.149. The molecule has 0 saturated heterocycles. The summed E-state index contributed by atoms with van der Waals surface area (Å²) in [5.74, 6) is -0.150. The highest BCUT2D eigenvalue weighted by molar-refractivity contribution is 5.73. The third-order valence-electron chi connectivity index (χ3n) is 2.41. The van der Waals surface area contributed by atoms with E-state index in [0.717, 1.165) is 25.7 Å². The van der Waals surface area contributed by atoms with E-state index in [0.29, 0.717) is 6.61 Å². The maximum absolute atomic E-state index is 11.3. The molecule has 3 nitrogen and oxygen atoms in total. The highest BCUT2D eigenvalue weighted by Gasteiger charge is 2.28. The van der Waals surface area contributed by atoms with Gasteiger partial charge in [0.15, 0.2) is 0 Å². The van der Waals surface area contributed by atoms with Crippen LogP contribution in [-0.4, -0.2) is 18.6 Å². The molecule has 2 N–H and O–H groups in total. The van der Waals surface area contributed by atoms with Crippen molar-refractivity contribution in [3.8, 4) is 0 Å². The van der Waals surface area contributed by atoms with Gasteiger partial charge < -0.3 is 10.5 Å². The van der Waals surface area contributed by atoms with Crippen LogP contribution >= 0.6 is 0 Å². The van der Waals surface area contributed by atoms with Crippen LogP contribution in [0.3, 0.4) is 0 Å². The molecule has 0 spiro atoms. The normalized spacial score (nSPS) is 29.8. The van der Waals surface area contributed by atoms with Gasteiger partial charge in [0.05, 0.1) is 12.5 Å². The largest absolute Gasteiger partial charge is 0.466 e. The third kappa shape index (κ3) is 2.21. The first-order valence-electron chi connectivity index (χ1n) is 4.68. The summed E-state index contributed by atoms with van der Waals surface area (Å²) < 4.78 is 4.93. The van der Waals surface area contributed by atoms with Gasteiger partial charge in [0.2, 0.25) is 0 Å². The van der Waals surface area contributed by atoms with E-state index >= 15 is 0 Å². The maximum Gasteiger partial charge on any atom is 0.310 e. The minimum absolute atomic E-state index is 0.0257. The zero-order valence-electron chi connectivity index (χ0n) is 7.58. The molecule has 3 heteroatoms. The Balaban J connectivity index is 2.42. The highest BCUT2D eigenvalue weighted by atomic mass is 16.5. The van der Waals surface area contributed by atoms with Crippen LogP contribution in [0.1, 0.15) is 32.6 Å². The molecule has 0 aromatic heterocycles. The van der Waals surface area contributed by atoms with E-state index < -0.39 is 0 Å². The van der Waals surface area contributed by atoms with Gasteiger partial charge in [-0.2, -0.15) is 0 Å². The molecule has 0 aromatic carbocycles. The lowest BCUT2D eigenvalue weighted by atomic mass is 9.85. The zero-order valence-corrected chi connectivity index (χ0v) is 7.58. The molecular weight excluding hydrogens is 154 g/mol. The second-order valence-corrected chi connectivity index (χ2v) is 3.31. The number of hydrogen-bond acceptors (Lipinski definition) is 3. The lowest BCUT2D eigenvalue weighted by Gasteiger charge is -2.26. The fraction of sp³-hybridized carbons (Fsp3) is 0.889. The molecular formula is C9H17NO2. The smallest absolute Gasteiger partial charge is 0.310 e. The minimum atomic E-state index is -0.107. The fourth-order valence-corrected chi connectivity index (χ4v) is 1.70. The van der Waals surface area contributed by atoms with Gasteiger partial charge in [0.1, 0.15) is 0 Å². The number of carbonyl (C=O) groups is 1. The van der Waals surface area contributed by atoms with Crippen molar-refractivity contribution < 1.29 is 9.53 Å². The number of esters is 1.